The largest absolute Gasteiger partial charge is 0.489 e. The standard InChI is InChI=1S/C23H25N3O3/c1-15-12-26(22-7-5-4-6-21(22)24-23(15)27)13-18-8-10-19(11-9-18)28-14-20-16(2)25-29-17(20)3/h4-11,15H,12-14H2,1-3H3,(H,24,27). The molecule has 1 aliphatic heterocycles. The number of aromatic nitrogens is 1. The Bertz CT molecular complexity index is 991. The third-order valence-corrected chi connectivity index (χ3v) is 5.31. The molecule has 0 aliphatic carbocycles. The summed E-state index contributed by atoms with van der Waals surface area (Å²) in [6, 6.07) is 16.0. The van der Waals surface area contributed by atoms with Gasteiger partial charge >= 0.3 is 0 Å². The van der Waals surface area contributed by atoms with Gasteiger partial charge in [-0.1, -0.05) is 36.3 Å². The number of carbonyl (C=O) groups excluding carboxylic acids is 1. The Labute approximate surface area is 170 Å². The molecule has 1 unspecified atom stereocenters. The van der Waals surface area contributed by atoms with Crippen molar-refractivity contribution in [1.29, 1.82) is 0 Å². The number of fused-ring (bicyclic) bond motifs is 1. The number of aryl methyl sites for hydroxylation is 2. The Hall–Kier alpha value is -3.28. The molecule has 1 aromatic heterocycles. The van der Waals surface area contributed by atoms with E-state index in [9.17, 15) is 4.79 Å². The van der Waals surface area contributed by atoms with Crippen LogP contribution in [0, 0.1) is 19.8 Å². The van der Waals surface area contributed by atoms with Crippen LogP contribution < -0.4 is 15.0 Å². The van der Waals surface area contributed by atoms with Crippen molar-refractivity contribution in [2.75, 3.05) is 16.8 Å². The number of carbonyl (C=O) groups is 1. The molecule has 0 saturated heterocycles. The summed E-state index contributed by atoms with van der Waals surface area (Å²) < 4.78 is 11.1. The first kappa shape index (κ1) is 19.1. The minimum absolute atomic E-state index is 0.0584. The molecule has 0 fully saturated rings. The van der Waals surface area contributed by atoms with Gasteiger partial charge in [0.2, 0.25) is 5.91 Å². The van der Waals surface area contributed by atoms with Gasteiger partial charge in [0.05, 0.1) is 28.6 Å². The minimum Gasteiger partial charge on any atom is -0.489 e. The topological polar surface area (TPSA) is 67.6 Å². The zero-order valence-corrected chi connectivity index (χ0v) is 16.9. The quantitative estimate of drug-likeness (QED) is 0.695. The molecule has 3 aromatic rings. The fourth-order valence-corrected chi connectivity index (χ4v) is 3.55. The van der Waals surface area contributed by atoms with Crippen molar-refractivity contribution in [3.63, 3.8) is 0 Å². The Morgan fingerprint density at radius 2 is 1.93 bits per heavy atom. The minimum atomic E-state index is -0.0833. The summed E-state index contributed by atoms with van der Waals surface area (Å²) in [7, 11) is 0. The van der Waals surface area contributed by atoms with E-state index in [4.69, 9.17) is 9.26 Å². The molecule has 150 valence electrons. The van der Waals surface area contributed by atoms with E-state index in [2.05, 4.69) is 33.6 Å². The molecule has 1 aliphatic rings. The smallest absolute Gasteiger partial charge is 0.229 e. The molecule has 0 saturated carbocycles. The van der Waals surface area contributed by atoms with Gasteiger partial charge in [0.25, 0.3) is 0 Å². The number of benzene rings is 2. The number of nitrogens with zero attached hydrogens (tertiary/aromatic N) is 2. The maximum Gasteiger partial charge on any atom is 0.229 e. The van der Waals surface area contributed by atoms with Gasteiger partial charge in [0.15, 0.2) is 0 Å². The summed E-state index contributed by atoms with van der Waals surface area (Å²) in [6.45, 7) is 7.60. The molecule has 29 heavy (non-hydrogen) atoms. The summed E-state index contributed by atoms with van der Waals surface area (Å²) in [5.41, 5.74) is 4.91. The van der Waals surface area contributed by atoms with Gasteiger partial charge in [-0.2, -0.15) is 0 Å². The van der Waals surface area contributed by atoms with Gasteiger partial charge in [-0.15, -0.1) is 0 Å². The van der Waals surface area contributed by atoms with Crippen molar-refractivity contribution >= 4 is 17.3 Å². The van der Waals surface area contributed by atoms with E-state index in [0.29, 0.717) is 13.2 Å². The second-order valence-electron chi connectivity index (χ2n) is 7.52. The fourth-order valence-electron chi connectivity index (χ4n) is 3.55. The van der Waals surface area contributed by atoms with Gasteiger partial charge in [0.1, 0.15) is 18.1 Å². The number of anilines is 2. The van der Waals surface area contributed by atoms with E-state index in [-0.39, 0.29) is 11.8 Å². The van der Waals surface area contributed by atoms with Crippen LogP contribution in [0.3, 0.4) is 0 Å². The van der Waals surface area contributed by atoms with Crippen LogP contribution in [0.4, 0.5) is 11.4 Å². The molecule has 2 heterocycles. The Morgan fingerprint density at radius 1 is 1.17 bits per heavy atom. The molecule has 0 radical (unpaired) electrons. The molecule has 0 spiro atoms. The number of ether oxygens (including phenoxy) is 1. The lowest BCUT2D eigenvalue weighted by Crippen LogP contribution is -2.30. The molecule has 0 bridgehead atoms. The molecule has 1 N–H and O–H groups in total. The predicted octanol–water partition coefficient (Wildman–Crippen LogP) is 4.47. The summed E-state index contributed by atoms with van der Waals surface area (Å²) in [5, 5.41) is 6.98. The first-order valence-electron chi connectivity index (χ1n) is 9.79. The van der Waals surface area contributed by atoms with E-state index < -0.39 is 0 Å². The van der Waals surface area contributed by atoms with Crippen molar-refractivity contribution in [3.8, 4) is 5.75 Å². The Morgan fingerprint density at radius 3 is 2.66 bits per heavy atom. The first-order valence-corrected chi connectivity index (χ1v) is 9.79. The number of para-hydroxylation sites is 2. The van der Waals surface area contributed by atoms with Crippen molar-refractivity contribution in [2.45, 2.75) is 33.9 Å². The fraction of sp³-hybridized carbons (Fsp3) is 0.304. The van der Waals surface area contributed by atoms with Gasteiger partial charge in [-0.3, -0.25) is 4.79 Å². The second kappa shape index (κ2) is 7.99. The monoisotopic (exact) mass is 391 g/mol. The SMILES string of the molecule is Cc1noc(C)c1COc1ccc(CN2CC(C)C(=O)Nc3ccccc32)cc1. The first-order chi connectivity index (χ1) is 14.0. The van der Waals surface area contributed by atoms with Crippen LogP contribution in [0.25, 0.3) is 0 Å². The Balaban J connectivity index is 1.46. The number of nitrogens with one attached hydrogen (secondary N) is 1. The molecule has 1 atom stereocenters. The van der Waals surface area contributed by atoms with E-state index in [1.807, 2.05) is 51.1 Å². The van der Waals surface area contributed by atoms with E-state index >= 15 is 0 Å². The molecular formula is C23H25N3O3. The van der Waals surface area contributed by atoms with E-state index in [1.54, 1.807) is 0 Å². The highest BCUT2D eigenvalue weighted by atomic mass is 16.5. The second-order valence-corrected chi connectivity index (χ2v) is 7.52. The molecule has 1 amide bonds. The predicted molar refractivity (Wildman–Crippen MR) is 112 cm³/mol. The van der Waals surface area contributed by atoms with Crippen molar-refractivity contribution < 1.29 is 14.1 Å². The average molecular weight is 391 g/mol. The van der Waals surface area contributed by atoms with E-state index in [0.717, 1.165) is 46.3 Å². The number of rotatable bonds is 5. The molecule has 6 nitrogen and oxygen atoms in total. The summed E-state index contributed by atoms with van der Waals surface area (Å²) in [6.07, 6.45) is 0. The number of amides is 1. The molecule has 4 rings (SSSR count). The highest BCUT2D eigenvalue weighted by molar-refractivity contribution is 5.97. The lowest BCUT2D eigenvalue weighted by Gasteiger charge is -2.25. The number of hydrogen-bond donors (Lipinski definition) is 1. The molecular weight excluding hydrogens is 366 g/mol. The summed E-state index contributed by atoms with van der Waals surface area (Å²) >= 11 is 0. The third-order valence-electron chi connectivity index (χ3n) is 5.31. The van der Waals surface area contributed by atoms with Crippen LogP contribution in [0.1, 0.15) is 29.5 Å². The van der Waals surface area contributed by atoms with Gasteiger partial charge < -0.3 is 19.5 Å². The van der Waals surface area contributed by atoms with Crippen LogP contribution in [0.2, 0.25) is 0 Å². The zero-order chi connectivity index (χ0) is 20.4. The van der Waals surface area contributed by atoms with Crippen LogP contribution in [-0.2, 0) is 17.9 Å². The van der Waals surface area contributed by atoms with E-state index in [1.165, 1.54) is 0 Å². The highest BCUT2D eigenvalue weighted by Crippen LogP contribution is 2.31. The van der Waals surface area contributed by atoms with Gasteiger partial charge in [-0.25, -0.2) is 0 Å². The maximum absolute atomic E-state index is 12.3. The van der Waals surface area contributed by atoms with Crippen LogP contribution in [0.5, 0.6) is 5.75 Å². The van der Waals surface area contributed by atoms with Crippen LogP contribution in [0.15, 0.2) is 53.1 Å². The van der Waals surface area contributed by atoms with Crippen molar-refractivity contribution in [1.82, 2.24) is 5.16 Å². The average Bonchev–Trinajstić information content (AvgIpc) is 2.98. The van der Waals surface area contributed by atoms with Gasteiger partial charge in [0, 0.05) is 13.1 Å². The molecule has 2 aromatic carbocycles. The maximum atomic E-state index is 12.3. The third kappa shape index (κ3) is 4.11. The van der Waals surface area contributed by atoms with Crippen molar-refractivity contribution in [2.24, 2.45) is 5.92 Å². The summed E-state index contributed by atoms with van der Waals surface area (Å²) in [5.74, 6) is 1.56. The number of hydrogen-bond acceptors (Lipinski definition) is 5. The van der Waals surface area contributed by atoms with Gasteiger partial charge in [-0.05, 0) is 43.7 Å². The lowest BCUT2D eigenvalue weighted by molar-refractivity contribution is -0.119. The lowest BCUT2D eigenvalue weighted by atomic mass is 10.1. The Kier molecular flexibility index (Phi) is 5.25. The summed E-state index contributed by atoms with van der Waals surface area (Å²) in [4.78, 5) is 14.5. The van der Waals surface area contributed by atoms with Crippen LogP contribution >= 0.6 is 0 Å². The normalized spacial score (nSPS) is 16.2. The molecule has 6 heteroatoms. The van der Waals surface area contributed by atoms with Crippen molar-refractivity contribution in [3.05, 3.63) is 71.1 Å². The van der Waals surface area contributed by atoms with Crippen LogP contribution in [-0.4, -0.2) is 17.6 Å². The zero-order valence-electron chi connectivity index (χ0n) is 16.9. The highest BCUT2D eigenvalue weighted by Gasteiger charge is 2.24.